The highest BCUT2D eigenvalue weighted by Gasteiger charge is 2.29. The molecule has 0 aliphatic carbocycles. The lowest BCUT2D eigenvalue weighted by Gasteiger charge is -2.31. The van der Waals surface area contributed by atoms with Gasteiger partial charge in [0.25, 0.3) is 0 Å². The number of nitrogens with zero attached hydrogens (tertiary/aromatic N) is 4. The summed E-state index contributed by atoms with van der Waals surface area (Å²) in [5.74, 6) is 0. The number of aliphatic hydroxyl groups is 1. The summed E-state index contributed by atoms with van der Waals surface area (Å²) in [6.45, 7) is 5.87. The Morgan fingerprint density at radius 3 is 2.94 bits per heavy atom. The molecular formula is C13H24N4O. The van der Waals surface area contributed by atoms with E-state index in [1.165, 1.54) is 0 Å². The molecule has 0 saturated carbocycles. The molecule has 5 nitrogen and oxygen atoms in total. The molecule has 0 aromatic carbocycles. The molecule has 1 fully saturated rings. The Hall–Kier alpha value is -0.910. The minimum atomic E-state index is -0.474. The molecule has 1 aromatic rings. The van der Waals surface area contributed by atoms with Gasteiger partial charge in [0.05, 0.1) is 11.7 Å². The summed E-state index contributed by atoms with van der Waals surface area (Å²) in [4.78, 5) is 4.56. The van der Waals surface area contributed by atoms with Crippen molar-refractivity contribution in [2.75, 3.05) is 33.7 Å². The van der Waals surface area contributed by atoms with Gasteiger partial charge in [0.2, 0.25) is 0 Å². The van der Waals surface area contributed by atoms with Gasteiger partial charge < -0.3 is 10.0 Å². The van der Waals surface area contributed by atoms with Crippen molar-refractivity contribution >= 4 is 0 Å². The van der Waals surface area contributed by atoms with Crippen LogP contribution < -0.4 is 0 Å². The summed E-state index contributed by atoms with van der Waals surface area (Å²) in [5.41, 5.74) is 0.921. The molecule has 1 aromatic heterocycles. The van der Waals surface area contributed by atoms with Crippen LogP contribution in [0.15, 0.2) is 12.3 Å². The van der Waals surface area contributed by atoms with E-state index in [2.05, 4.69) is 29.0 Å². The van der Waals surface area contributed by atoms with Crippen molar-refractivity contribution in [1.82, 2.24) is 19.6 Å². The Labute approximate surface area is 109 Å². The zero-order chi connectivity index (χ0) is 13.1. The van der Waals surface area contributed by atoms with E-state index in [1.54, 1.807) is 6.20 Å². The lowest BCUT2D eigenvalue weighted by molar-refractivity contribution is 0.0511. The van der Waals surface area contributed by atoms with Crippen molar-refractivity contribution in [3.63, 3.8) is 0 Å². The zero-order valence-corrected chi connectivity index (χ0v) is 11.6. The Kier molecular flexibility index (Phi) is 4.37. The highest BCUT2D eigenvalue weighted by atomic mass is 16.3. The molecule has 18 heavy (non-hydrogen) atoms. The quantitative estimate of drug-likeness (QED) is 0.854. The predicted octanol–water partition coefficient (Wildman–Crippen LogP) is 0.572. The Morgan fingerprint density at radius 1 is 1.44 bits per heavy atom. The first-order valence-electron chi connectivity index (χ1n) is 6.72. The van der Waals surface area contributed by atoms with E-state index in [9.17, 15) is 5.11 Å². The second-order valence-corrected chi connectivity index (χ2v) is 5.18. The maximum atomic E-state index is 10.6. The van der Waals surface area contributed by atoms with Gasteiger partial charge in [0.1, 0.15) is 6.10 Å². The van der Waals surface area contributed by atoms with Crippen molar-refractivity contribution in [2.24, 2.45) is 0 Å². The predicted molar refractivity (Wildman–Crippen MR) is 71.4 cm³/mol. The van der Waals surface area contributed by atoms with Crippen LogP contribution in [-0.4, -0.2) is 64.5 Å². The zero-order valence-electron chi connectivity index (χ0n) is 11.6. The molecule has 2 unspecified atom stereocenters. The van der Waals surface area contributed by atoms with Crippen LogP contribution in [0.5, 0.6) is 0 Å². The topological polar surface area (TPSA) is 44.5 Å². The number of aliphatic hydroxyl groups excluding tert-OH is 1. The van der Waals surface area contributed by atoms with E-state index < -0.39 is 6.10 Å². The summed E-state index contributed by atoms with van der Waals surface area (Å²) >= 11 is 0. The van der Waals surface area contributed by atoms with Crippen LogP contribution in [0.25, 0.3) is 0 Å². The molecule has 1 aliphatic rings. The monoisotopic (exact) mass is 252 g/mol. The minimum Gasteiger partial charge on any atom is -0.385 e. The summed E-state index contributed by atoms with van der Waals surface area (Å²) in [6, 6.07) is 2.06. The summed E-state index contributed by atoms with van der Waals surface area (Å²) in [7, 11) is 4.22. The van der Waals surface area contributed by atoms with E-state index >= 15 is 0 Å². The summed E-state index contributed by atoms with van der Waals surface area (Å²) in [5, 5.41) is 14.9. The fraction of sp³-hybridized carbons (Fsp3) is 0.769. The highest BCUT2D eigenvalue weighted by molar-refractivity contribution is 5.08. The van der Waals surface area contributed by atoms with Crippen LogP contribution in [-0.2, 0) is 6.54 Å². The molecule has 1 saturated heterocycles. The third-order valence-electron chi connectivity index (χ3n) is 3.83. The summed E-state index contributed by atoms with van der Waals surface area (Å²) < 4.78 is 1.88. The first-order chi connectivity index (χ1) is 8.63. The molecule has 0 amide bonds. The second kappa shape index (κ2) is 5.82. The van der Waals surface area contributed by atoms with Crippen LogP contribution in [0, 0.1) is 0 Å². The average Bonchev–Trinajstić information content (AvgIpc) is 2.76. The van der Waals surface area contributed by atoms with Crippen LogP contribution >= 0.6 is 0 Å². The fourth-order valence-corrected chi connectivity index (χ4v) is 2.70. The van der Waals surface area contributed by atoms with Crippen molar-refractivity contribution in [3.8, 4) is 0 Å². The molecule has 5 heteroatoms. The highest BCUT2D eigenvalue weighted by Crippen LogP contribution is 2.22. The lowest BCUT2D eigenvalue weighted by atomic mass is 10.1. The number of aromatic nitrogens is 2. The average molecular weight is 252 g/mol. The van der Waals surface area contributed by atoms with Crippen LogP contribution in [0.1, 0.15) is 25.1 Å². The van der Waals surface area contributed by atoms with Crippen LogP contribution in [0.4, 0.5) is 0 Å². The fourth-order valence-electron chi connectivity index (χ4n) is 2.70. The number of aryl methyl sites for hydroxylation is 1. The maximum Gasteiger partial charge on any atom is 0.112 e. The molecule has 102 valence electrons. The molecule has 2 rings (SSSR count). The van der Waals surface area contributed by atoms with Crippen molar-refractivity contribution in [1.29, 1.82) is 0 Å². The number of likely N-dealkylation sites (N-methyl/N-ethyl adjacent to an activating group) is 2. The molecule has 0 radical (unpaired) electrons. The van der Waals surface area contributed by atoms with Gasteiger partial charge in [-0.05, 0) is 46.6 Å². The van der Waals surface area contributed by atoms with E-state index in [0.29, 0.717) is 0 Å². The maximum absolute atomic E-state index is 10.6. The van der Waals surface area contributed by atoms with Gasteiger partial charge in [0.15, 0.2) is 0 Å². The SMILES string of the molecule is CCn1nccc1C(O)C1CN(C)CCCN1C. The van der Waals surface area contributed by atoms with Gasteiger partial charge in [-0.15, -0.1) is 0 Å². The third kappa shape index (κ3) is 2.74. The first kappa shape index (κ1) is 13.5. The number of hydrogen-bond donors (Lipinski definition) is 1. The van der Waals surface area contributed by atoms with Gasteiger partial charge in [-0.2, -0.15) is 5.10 Å². The molecule has 2 heterocycles. The van der Waals surface area contributed by atoms with Crippen LogP contribution in [0.3, 0.4) is 0 Å². The number of hydrogen-bond acceptors (Lipinski definition) is 4. The van der Waals surface area contributed by atoms with Crippen molar-refractivity contribution in [2.45, 2.75) is 32.0 Å². The van der Waals surface area contributed by atoms with Gasteiger partial charge in [-0.3, -0.25) is 9.58 Å². The molecule has 0 spiro atoms. The Bertz CT molecular complexity index is 379. The van der Waals surface area contributed by atoms with Crippen molar-refractivity contribution < 1.29 is 5.11 Å². The van der Waals surface area contributed by atoms with E-state index in [-0.39, 0.29) is 6.04 Å². The minimum absolute atomic E-state index is 0.138. The van der Waals surface area contributed by atoms with E-state index in [4.69, 9.17) is 0 Å². The lowest BCUT2D eigenvalue weighted by Crippen LogP contribution is -2.42. The van der Waals surface area contributed by atoms with Gasteiger partial charge >= 0.3 is 0 Å². The van der Waals surface area contributed by atoms with E-state index in [0.717, 1.165) is 38.3 Å². The Morgan fingerprint density at radius 2 is 2.22 bits per heavy atom. The molecule has 0 bridgehead atoms. The van der Waals surface area contributed by atoms with E-state index in [1.807, 2.05) is 17.7 Å². The number of rotatable bonds is 3. The second-order valence-electron chi connectivity index (χ2n) is 5.18. The third-order valence-corrected chi connectivity index (χ3v) is 3.83. The molecule has 1 N–H and O–H groups in total. The molecular weight excluding hydrogens is 228 g/mol. The smallest absolute Gasteiger partial charge is 0.112 e. The first-order valence-corrected chi connectivity index (χ1v) is 6.72. The summed E-state index contributed by atoms with van der Waals surface area (Å²) in [6.07, 6.45) is 2.45. The molecule has 1 aliphatic heterocycles. The largest absolute Gasteiger partial charge is 0.385 e. The molecule has 2 atom stereocenters. The van der Waals surface area contributed by atoms with Gasteiger partial charge in [0, 0.05) is 19.3 Å². The normalized spacial score (nSPS) is 25.0. The van der Waals surface area contributed by atoms with Crippen molar-refractivity contribution in [3.05, 3.63) is 18.0 Å². The Balaban J connectivity index is 2.17. The van der Waals surface area contributed by atoms with Gasteiger partial charge in [-0.25, -0.2) is 0 Å². The standard InChI is InChI=1S/C13H24N4O/c1-4-17-11(6-7-14-17)13(18)12-10-15(2)8-5-9-16(12)3/h6-7,12-13,18H,4-5,8-10H2,1-3H3. The van der Waals surface area contributed by atoms with Crippen LogP contribution in [0.2, 0.25) is 0 Å². The van der Waals surface area contributed by atoms with Gasteiger partial charge in [-0.1, -0.05) is 0 Å².